The number of rotatable bonds is 2. The van der Waals surface area contributed by atoms with Gasteiger partial charge in [0.2, 0.25) is 0 Å². The third kappa shape index (κ3) is 3.14. The van der Waals surface area contributed by atoms with Gasteiger partial charge in [-0.1, -0.05) is 72.8 Å². The van der Waals surface area contributed by atoms with Crippen molar-refractivity contribution in [2.45, 2.75) is 0 Å². The molecule has 0 saturated carbocycles. The smallest absolute Gasteiger partial charge is 0.310 e. The first-order chi connectivity index (χ1) is 21.7. The molecular weight excluding hydrogens is 548 g/mol. The molecule has 4 heterocycles. The molecule has 0 aliphatic heterocycles. The van der Waals surface area contributed by atoms with Crippen LogP contribution in [-0.2, 0) is 0 Å². The van der Waals surface area contributed by atoms with Crippen LogP contribution in [0.3, 0.4) is 0 Å². The summed E-state index contributed by atoms with van der Waals surface area (Å²) in [6.45, 7) is 0. The Morgan fingerprint density at radius 3 is 1.75 bits per heavy atom. The highest BCUT2D eigenvalue weighted by Gasteiger charge is 2.18. The quantitative estimate of drug-likeness (QED) is 0.208. The van der Waals surface area contributed by atoms with Crippen LogP contribution in [-0.4, -0.2) is 9.38 Å². The Labute approximate surface area is 248 Å². The summed E-state index contributed by atoms with van der Waals surface area (Å²) in [6, 6.07) is 39.8. The highest BCUT2D eigenvalue weighted by Crippen LogP contribution is 2.39. The number of benzene rings is 6. The monoisotopic (exact) mass is 568 g/mol. The molecule has 0 atom stereocenters. The fourth-order valence-corrected chi connectivity index (χ4v) is 6.69. The molecule has 0 N–H and O–H groups in total. The SMILES string of the molecule is O=c1c2cc(-c3cccc4oc5ccccc5c34)ccc2oc2nc3ccc(-c4cccc5oc6ccccc6c45)cc3n12. The Morgan fingerprint density at radius 2 is 1.07 bits per heavy atom. The van der Waals surface area contributed by atoms with Gasteiger partial charge in [0.25, 0.3) is 5.56 Å². The fraction of sp³-hybridized carbons (Fsp3) is 0. The van der Waals surface area contributed by atoms with E-state index >= 15 is 0 Å². The van der Waals surface area contributed by atoms with E-state index in [0.29, 0.717) is 22.0 Å². The number of fused-ring (bicyclic) bond motifs is 10. The van der Waals surface area contributed by atoms with Gasteiger partial charge in [0.05, 0.1) is 16.4 Å². The molecule has 6 aromatic carbocycles. The Balaban J connectivity index is 1.21. The van der Waals surface area contributed by atoms with Gasteiger partial charge in [0.15, 0.2) is 0 Å². The van der Waals surface area contributed by atoms with E-state index in [1.54, 1.807) is 4.40 Å². The van der Waals surface area contributed by atoms with Gasteiger partial charge in [-0.3, -0.25) is 4.79 Å². The van der Waals surface area contributed by atoms with Crippen molar-refractivity contribution in [3.05, 3.63) is 132 Å². The number of hydrogen-bond acceptors (Lipinski definition) is 5. The minimum absolute atomic E-state index is 0.182. The zero-order valence-corrected chi connectivity index (χ0v) is 23.1. The third-order valence-corrected chi connectivity index (χ3v) is 8.67. The maximum absolute atomic E-state index is 14.2. The Bertz CT molecular complexity index is 2870. The lowest BCUT2D eigenvalue weighted by atomic mass is 9.98. The Morgan fingerprint density at radius 1 is 0.500 bits per heavy atom. The van der Waals surface area contributed by atoms with Crippen LogP contribution in [0.5, 0.6) is 0 Å². The lowest BCUT2D eigenvalue weighted by molar-refractivity contribution is 0.616. The van der Waals surface area contributed by atoms with Gasteiger partial charge in [-0.2, -0.15) is 4.98 Å². The first-order valence-corrected chi connectivity index (χ1v) is 14.4. The van der Waals surface area contributed by atoms with Crippen LogP contribution in [0.15, 0.2) is 139 Å². The molecule has 206 valence electrons. The van der Waals surface area contributed by atoms with Crippen molar-refractivity contribution in [3.63, 3.8) is 0 Å². The molecule has 0 bridgehead atoms. The summed E-state index contributed by atoms with van der Waals surface area (Å²) in [5.41, 5.74) is 8.86. The average Bonchev–Trinajstić information content (AvgIpc) is 3.75. The second-order valence-electron chi connectivity index (χ2n) is 11.1. The van der Waals surface area contributed by atoms with Gasteiger partial charge in [0.1, 0.15) is 27.9 Å². The average molecular weight is 569 g/mol. The van der Waals surface area contributed by atoms with Gasteiger partial charge in [-0.25, -0.2) is 4.40 Å². The van der Waals surface area contributed by atoms with Crippen molar-refractivity contribution in [1.82, 2.24) is 9.38 Å². The number of para-hydroxylation sites is 2. The molecule has 0 amide bonds. The van der Waals surface area contributed by atoms with Crippen molar-refractivity contribution in [2.24, 2.45) is 0 Å². The molecule has 10 rings (SSSR count). The second kappa shape index (κ2) is 8.46. The highest BCUT2D eigenvalue weighted by molar-refractivity contribution is 6.14. The molecule has 6 heteroatoms. The lowest BCUT2D eigenvalue weighted by Crippen LogP contribution is -2.12. The van der Waals surface area contributed by atoms with E-state index in [4.69, 9.17) is 13.3 Å². The molecule has 44 heavy (non-hydrogen) atoms. The molecule has 0 spiro atoms. The van der Waals surface area contributed by atoms with E-state index in [9.17, 15) is 4.79 Å². The van der Waals surface area contributed by atoms with Crippen molar-refractivity contribution in [1.29, 1.82) is 0 Å². The number of nitrogens with zero attached hydrogens (tertiary/aromatic N) is 2. The molecule has 0 aliphatic rings. The van der Waals surface area contributed by atoms with E-state index in [1.807, 2.05) is 97.1 Å². The molecule has 0 radical (unpaired) electrons. The molecule has 0 saturated heterocycles. The van der Waals surface area contributed by atoms with E-state index in [-0.39, 0.29) is 11.4 Å². The van der Waals surface area contributed by atoms with E-state index in [1.165, 1.54) is 0 Å². The summed E-state index contributed by atoms with van der Waals surface area (Å²) in [4.78, 5) is 18.9. The summed E-state index contributed by atoms with van der Waals surface area (Å²) in [5.74, 6) is 0.261. The molecule has 0 aliphatic carbocycles. The minimum atomic E-state index is -0.182. The van der Waals surface area contributed by atoms with Crippen LogP contribution in [0.1, 0.15) is 0 Å². The normalized spacial score (nSPS) is 12.2. The summed E-state index contributed by atoms with van der Waals surface area (Å²) >= 11 is 0. The van der Waals surface area contributed by atoms with Gasteiger partial charge < -0.3 is 13.3 Å². The van der Waals surface area contributed by atoms with Crippen molar-refractivity contribution in [3.8, 4) is 22.3 Å². The Hall–Kier alpha value is -6.14. The van der Waals surface area contributed by atoms with Gasteiger partial charge >= 0.3 is 5.84 Å². The van der Waals surface area contributed by atoms with Crippen LogP contribution in [0.4, 0.5) is 0 Å². The maximum atomic E-state index is 14.2. The molecule has 6 nitrogen and oxygen atoms in total. The predicted molar refractivity (Wildman–Crippen MR) is 174 cm³/mol. The first-order valence-electron chi connectivity index (χ1n) is 14.4. The van der Waals surface area contributed by atoms with Crippen LogP contribution in [0, 0.1) is 0 Å². The van der Waals surface area contributed by atoms with Crippen molar-refractivity contribution >= 4 is 71.7 Å². The van der Waals surface area contributed by atoms with Crippen molar-refractivity contribution < 1.29 is 13.3 Å². The summed E-state index contributed by atoms with van der Waals surface area (Å²) in [6.07, 6.45) is 0. The van der Waals surface area contributed by atoms with E-state index < -0.39 is 0 Å². The summed E-state index contributed by atoms with van der Waals surface area (Å²) in [5, 5.41) is 4.63. The lowest BCUT2D eigenvalue weighted by Gasteiger charge is -2.07. The van der Waals surface area contributed by atoms with Crippen LogP contribution in [0.25, 0.3) is 94.0 Å². The number of imidazole rings is 1. The third-order valence-electron chi connectivity index (χ3n) is 8.67. The maximum Gasteiger partial charge on any atom is 0.310 e. The van der Waals surface area contributed by atoms with Crippen LogP contribution >= 0.6 is 0 Å². The minimum Gasteiger partial charge on any atom is -0.456 e. The topological polar surface area (TPSA) is 73.8 Å². The fourth-order valence-electron chi connectivity index (χ4n) is 6.69. The highest BCUT2D eigenvalue weighted by atomic mass is 16.4. The molecule has 0 unspecified atom stereocenters. The predicted octanol–water partition coefficient (Wildman–Crippen LogP) is 9.73. The second-order valence-corrected chi connectivity index (χ2v) is 11.1. The zero-order chi connectivity index (χ0) is 28.9. The van der Waals surface area contributed by atoms with Crippen LogP contribution in [0.2, 0.25) is 0 Å². The summed E-state index contributed by atoms with van der Waals surface area (Å²) in [7, 11) is 0. The molecular formula is C38H20N2O4. The number of aromatic nitrogens is 2. The van der Waals surface area contributed by atoms with E-state index in [0.717, 1.165) is 66.1 Å². The van der Waals surface area contributed by atoms with Gasteiger partial charge in [-0.05, 0) is 70.8 Å². The molecule has 4 aromatic heterocycles. The van der Waals surface area contributed by atoms with Gasteiger partial charge in [-0.15, -0.1) is 0 Å². The summed E-state index contributed by atoms with van der Waals surface area (Å²) < 4.78 is 20.0. The molecule has 0 fully saturated rings. The zero-order valence-electron chi connectivity index (χ0n) is 23.1. The Kier molecular flexibility index (Phi) is 4.50. The first kappa shape index (κ1) is 23.4. The van der Waals surface area contributed by atoms with Crippen LogP contribution < -0.4 is 5.56 Å². The largest absolute Gasteiger partial charge is 0.456 e. The molecule has 10 aromatic rings. The van der Waals surface area contributed by atoms with E-state index in [2.05, 4.69) is 29.2 Å². The van der Waals surface area contributed by atoms with Crippen molar-refractivity contribution in [2.75, 3.05) is 0 Å². The number of hydrogen-bond donors (Lipinski definition) is 0. The standard InChI is InChI=1S/C38H20N2O4/c41-37-27-19-21(23-9-5-13-33-35(23)25-7-1-3-11-30(25)42-33)16-18-32(27)44-38-39-28-17-15-22(20-29(28)40(37)38)24-10-6-14-34-36(24)26-8-2-4-12-31(26)43-34/h1-20H. The van der Waals surface area contributed by atoms with Gasteiger partial charge in [0, 0.05) is 21.5 Å². The number of furan rings is 2.